The number of nitrogens with zero attached hydrogens (tertiary/aromatic N) is 2. The number of hydrogen-bond acceptors (Lipinski definition) is 4. The monoisotopic (exact) mass is 254 g/mol. The fourth-order valence-corrected chi connectivity index (χ4v) is 2.90. The van der Waals surface area contributed by atoms with Crippen molar-refractivity contribution < 1.29 is 10.2 Å². The van der Waals surface area contributed by atoms with E-state index in [1.165, 1.54) is 0 Å². The fraction of sp³-hybridized carbons (Fsp3) is 0.583. The summed E-state index contributed by atoms with van der Waals surface area (Å²) in [5, 5.41) is 21.0. The first kappa shape index (κ1) is 12.5. The van der Waals surface area contributed by atoms with Crippen molar-refractivity contribution >= 4 is 16.3 Å². The molecule has 0 atom stereocenters. The smallest absolute Gasteiger partial charge is 0.193 e. The normalized spacial score (nSPS) is 12.4. The van der Waals surface area contributed by atoms with Crippen LogP contribution in [-0.2, 0) is 6.42 Å². The highest BCUT2D eigenvalue weighted by Gasteiger charge is 2.29. The van der Waals surface area contributed by atoms with Crippen LogP contribution in [0.5, 0.6) is 0 Å². The number of fused-ring (bicyclic) bond motifs is 1. The second kappa shape index (κ2) is 5.16. The van der Waals surface area contributed by atoms with Crippen LogP contribution in [0.15, 0.2) is 17.8 Å². The second-order valence-corrected chi connectivity index (χ2v) is 5.44. The zero-order chi connectivity index (χ0) is 12.3. The molecule has 0 aliphatic carbocycles. The number of rotatable bonds is 6. The molecule has 0 fully saturated rings. The predicted molar refractivity (Wildman–Crippen MR) is 68.3 cm³/mol. The molecule has 94 valence electrons. The van der Waals surface area contributed by atoms with E-state index in [9.17, 15) is 10.2 Å². The van der Waals surface area contributed by atoms with Gasteiger partial charge in [-0.25, -0.2) is 4.98 Å². The van der Waals surface area contributed by atoms with Gasteiger partial charge in [0.15, 0.2) is 4.96 Å². The molecule has 0 bridgehead atoms. The summed E-state index contributed by atoms with van der Waals surface area (Å²) < 4.78 is 1.98. The Morgan fingerprint density at radius 2 is 2.18 bits per heavy atom. The van der Waals surface area contributed by atoms with Gasteiger partial charge < -0.3 is 10.2 Å². The lowest BCUT2D eigenvalue weighted by Gasteiger charge is -2.28. The van der Waals surface area contributed by atoms with E-state index >= 15 is 0 Å². The Morgan fingerprint density at radius 3 is 2.76 bits per heavy atom. The largest absolute Gasteiger partial charge is 0.396 e. The third kappa shape index (κ3) is 2.51. The number of thiazole rings is 1. The van der Waals surface area contributed by atoms with Crippen molar-refractivity contribution in [2.24, 2.45) is 5.41 Å². The maximum absolute atomic E-state index is 9.50. The van der Waals surface area contributed by atoms with Gasteiger partial charge in [0.05, 0.1) is 18.9 Å². The Morgan fingerprint density at radius 1 is 1.41 bits per heavy atom. The third-order valence-corrected chi connectivity index (χ3v) is 3.92. The van der Waals surface area contributed by atoms with Crippen LogP contribution in [0, 0.1) is 5.41 Å². The van der Waals surface area contributed by atoms with E-state index in [0.717, 1.165) is 23.5 Å². The summed E-state index contributed by atoms with van der Waals surface area (Å²) >= 11 is 1.59. The molecule has 2 N–H and O–H groups in total. The third-order valence-electron chi connectivity index (χ3n) is 3.15. The van der Waals surface area contributed by atoms with Crippen LogP contribution in [0.3, 0.4) is 0 Å². The average Bonchev–Trinajstić information content (AvgIpc) is 2.88. The molecule has 0 aromatic carbocycles. The minimum Gasteiger partial charge on any atom is -0.396 e. The van der Waals surface area contributed by atoms with Crippen molar-refractivity contribution in [2.45, 2.75) is 26.2 Å². The van der Waals surface area contributed by atoms with Crippen molar-refractivity contribution in [1.29, 1.82) is 0 Å². The van der Waals surface area contributed by atoms with E-state index in [1.54, 1.807) is 11.3 Å². The average molecular weight is 254 g/mol. The first-order valence-corrected chi connectivity index (χ1v) is 6.74. The zero-order valence-corrected chi connectivity index (χ0v) is 10.8. The van der Waals surface area contributed by atoms with Crippen molar-refractivity contribution in [3.05, 3.63) is 23.5 Å². The molecular formula is C12H18N2O2S. The summed E-state index contributed by atoms with van der Waals surface area (Å²) in [6.45, 7) is 2.07. The van der Waals surface area contributed by atoms with Crippen LogP contribution in [0.25, 0.3) is 4.96 Å². The summed E-state index contributed by atoms with van der Waals surface area (Å²) in [4.78, 5) is 5.45. The summed E-state index contributed by atoms with van der Waals surface area (Å²) in [5.41, 5.74) is 0.507. The van der Waals surface area contributed by atoms with E-state index in [2.05, 4.69) is 11.9 Å². The molecule has 2 aromatic rings. The molecule has 5 heteroatoms. The number of aromatic nitrogens is 2. The molecule has 2 heterocycles. The quantitative estimate of drug-likeness (QED) is 0.825. The van der Waals surface area contributed by atoms with Crippen LogP contribution < -0.4 is 0 Å². The summed E-state index contributed by atoms with van der Waals surface area (Å²) in [7, 11) is 0. The predicted octanol–water partition coefficient (Wildman–Crippen LogP) is 1.71. The van der Waals surface area contributed by atoms with Crippen LogP contribution in [0.2, 0.25) is 0 Å². The van der Waals surface area contributed by atoms with Crippen LogP contribution in [0.1, 0.15) is 25.5 Å². The highest BCUT2D eigenvalue weighted by molar-refractivity contribution is 7.15. The summed E-state index contributed by atoms with van der Waals surface area (Å²) in [5.74, 6) is 0. The van der Waals surface area contributed by atoms with Gasteiger partial charge in [-0.2, -0.15) is 0 Å². The zero-order valence-electron chi connectivity index (χ0n) is 9.96. The molecule has 2 aromatic heterocycles. The Labute approximate surface area is 105 Å². The van der Waals surface area contributed by atoms with Gasteiger partial charge in [0.25, 0.3) is 0 Å². The first-order chi connectivity index (χ1) is 8.23. The van der Waals surface area contributed by atoms with Crippen molar-refractivity contribution in [3.63, 3.8) is 0 Å². The maximum atomic E-state index is 9.50. The minimum atomic E-state index is -0.432. The molecular weight excluding hydrogens is 236 g/mol. The summed E-state index contributed by atoms with van der Waals surface area (Å²) in [6, 6.07) is 0. The van der Waals surface area contributed by atoms with Gasteiger partial charge in [-0.1, -0.05) is 13.3 Å². The molecule has 0 spiro atoms. The fourth-order valence-electron chi connectivity index (χ4n) is 2.18. The van der Waals surface area contributed by atoms with E-state index < -0.39 is 5.41 Å². The topological polar surface area (TPSA) is 57.8 Å². The van der Waals surface area contributed by atoms with Crippen LogP contribution >= 0.6 is 11.3 Å². The SMILES string of the molecule is CCCC(CO)(CO)Cc1cn2ccsc2n1. The molecule has 0 unspecified atom stereocenters. The van der Waals surface area contributed by atoms with Crippen molar-refractivity contribution in [1.82, 2.24) is 9.38 Å². The van der Waals surface area contributed by atoms with Crippen LogP contribution in [0.4, 0.5) is 0 Å². The van der Waals surface area contributed by atoms with Crippen molar-refractivity contribution in [2.75, 3.05) is 13.2 Å². The highest BCUT2D eigenvalue weighted by Crippen LogP contribution is 2.28. The Kier molecular flexibility index (Phi) is 3.81. The number of aliphatic hydroxyl groups excluding tert-OH is 2. The molecule has 0 amide bonds. The van der Waals surface area contributed by atoms with E-state index in [4.69, 9.17) is 0 Å². The number of aliphatic hydroxyl groups is 2. The van der Waals surface area contributed by atoms with Gasteiger partial charge >= 0.3 is 0 Å². The van der Waals surface area contributed by atoms with E-state index in [1.807, 2.05) is 22.2 Å². The lowest BCUT2D eigenvalue weighted by Crippen LogP contribution is -2.32. The molecule has 0 radical (unpaired) electrons. The second-order valence-electron chi connectivity index (χ2n) is 4.57. The molecule has 17 heavy (non-hydrogen) atoms. The molecule has 0 aliphatic rings. The first-order valence-electron chi connectivity index (χ1n) is 5.86. The van der Waals surface area contributed by atoms with Gasteiger partial charge in [-0.15, -0.1) is 11.3 Å². The summed E-state index contributed by atoms with van der Waals surface area (Å²) in [6.07, 6.45) is 6.33. The standard InChI is InChI=1S/C12H18N2O2S/c1-2-3-12(8-15,9-16)6-10-7-14-4-5-17-11(14)13-10/h4-5,7,15-16H,2-3,6,8-9H2,1H3. The molecule has 0 aliphatic heterocycles. The van der Waals surface area contributed by atoms with E-state index in [0.29, 0.717) is 6.42 Å². The number of imidazole rings is 1. The van der Waals surface area contributed by atoms with E-state index in [-0.39, 0.29) is 13.2 Å². The van der Waals surface area contributed by atoms with Gasteiger partial charge in [-0.3, -0.25) is 4.40 Å². The molecule has 2 rings (SSSR count). The highest BCUT2D eigenvalue weighted by atomic mass is 32.1. The van der Waals surface area contributed by atoms with Gasteiger partial charge in [-0.05, 0) is 6.42 Å². The number of hydrogen-bond donors (Lipinski definition) is 2. The van der Waals surface area contributed by atoms with Crippen molar-refractivity contribution in [3.8, 4) is 0 Å². The Hall–Kier alpha value is -0.910. The van der Waals surface area contributed by atoms with Gasteiger partial charge in [0, 0.05) is 29.6 Å². The maximum Gasteiger partial charge on any atom is 0.193 e. The lowest BCUT2D eigenvalue weighted by atomic mass is 9.81. The van der Waals surface area contributed by atoms with Crippen LogP contribution in [-0.4, -0.2) is 32.8 Å². The Balaban J connectivity index is 2.19. The Bertz CT molecular complexity index is 445. The molecule has 0 saturated heterocycles. The minimum absolute atomic E-state index is 0.00250. The van der Waals surface area contributed by atoms with Gasteiger partial charge in [0.2, 0.25) is 0 Å². The lowest BCUT2D eigenvalue weighted by molar-refractivity contribution is 0.0459. The van der Waals surface area contributed by atoms with Gasteiger partial charge in [0.1, 0.15) is 0 Å². The molecule has 4 nitrogen and oxygen atoms in total. The molecule has 0 saturated carbocycles.